The van der Waals surface area contributed by atoms with Gasteiger partial charge in [-0.25, -0.2) is 0 Å². The average Bonchev–Trinajstić information content (AvgIpc) is 3.42. The third-order valence-corrected chi connectivity index (χ3v) is 6.81. The van der Waals surface area contributed by atoms with E-state index in [4.69, 9.17) is 4.74 Å². The lowest BCUT2D eigenvalue weighted by atomic mass is 9.88. The Bertz CT molecular complexity index is 762. The number of methoxy groups -OCH3 is 1. The lowest BCUT2D eigenvalue weighted by Gasteiger charge is -2.31. The molecule has 2 saturated carbocycles. The fourth-order valence-electron chi connectivity index (χ4n) is 4.30. The Morgan fingerprint density at radius 1 is 1.00 bits per heavy atom. The van der Waals surface area contributed by atoms with Gasteiger partial charge in [-0.15, -0.1) is 10.2 Å². The van der Waals surface area contributed by atoms with E-state index >= 15 is 0 Å². The second-order valence-electron chi connectivity index (χ2n) is 7.60. The van der Waals surface area contributed by atoms with Gasteiger partial charge in [0.2, 0.25) is 11.0 Å². The van der Waals surface area contributed by atoms with Crippen molar-refractivity contribution in [1.82, 2.24) is 10.2 Å². The molecule has 144 valence electrons. The lowest BCUT2D eigenvalue weighted by Crippen LogP contribution is -2.43. The van der Waals surface area contributed by atoms with Crippen LogP contribution in [0.15, 0.2) is 24.3 Å². The number of aromatic nitrogens is 2. The van der Waals surface area contributed by atoms with Crippen molar-refractivity contribution < 1.29 is 9.53 Å². The van der Waals surface area contributed by atoms with Gasteiger partial charge in [-0.05, 0) is 49.9 Å². The molecule has 2 fully saturated rings. The summed E-state index contributed by atoms with van der Waals surface area (Å²) in [6, 6.07) is 8.13. The molecule has 0 atom stereocenters. The number of benzene rings is 1. The van der Waals surface area contributed by atoms with E-state index in [-0.39, 0.29) is 17.9 Å². The minimum Gasteiger partial charge on any atom is -0.497 e. The Balaban J connectivity index is 1.59. The minimum atomic E-state index is 0.160. The van der Waals surface area contributed by atoms with Gasteiger partial charge in [0.05, 0.1) is 7.11 Å². The summed E-state index contributed by atoms with van der Waals surface area (Å²) in [5, 5.41) is 10.5. The molecule has 0 aliphatic heterocycles. The van der Waals surface area contributed by atoms with E-state index in [0.29, 0.717) is 0 Å². The van der Waals surface area contributed by atoms with E-state index < -0.39 is 0 Å². The van der Waals surface area contributed by atoms with Crippen molar-refractivity contribution >= 4 is 22.4 Å². The van der Waals surface area contributed by atoms with Crippen LogP contribution in [0.4, 0.5) is 5.13 Å². The first-order valence-corrected chi connectivity index (χ1v) is 10.9. The molecule has 1 heterocycles. The summed E-state index contributed by atoms with van der Waals surface area (Å²) in [5.74, 6) is 1.26. The molecule has 2 aliphatic carbocycles. The van der Waals surface area contributed by atoms with Gasteiger partial charge in [0.1, 0.15) is 10.8 Å². The van der Waals surface area contributed by atoms with E-state index in [9.17, 15) is 4.79 Å². The van der Waals surface area contributed by atoms with Crippen LogP contribution in [0, 0.1) is 5.92 Å². The zero-order valence-electron chi connectivity index (χ0n) is 15.9. The van der Waals surface area contributed by atoms with Crippen LogP contribution in [0.2, 0.25) is 0 Å². The van der Waals surface area contributed by atoms with Crippen molar-refractivity contribution in [2.24, 2.45) is 5.92 Å². The summed E-state index contributed by atoms with van der Waals surface area (Å²) < 4.78 is 5.23. The Hall–Kier alpha value is -1.95. The summed E-state index contributed by atoms with van der Waals surface area (Å²) in [7, 11) is 1.66. The SMILES string of the molecule is COc1ccc(-c2nnc(N(C(=O)C3CCCCC3)C3CCCC3)s2)cc1. The molecule has 5 nitrogen and oxygen atoms in total. The Morgan fingerprint density at radius 3 is 2.33 bits per heavy atom. The molecule has 27 heavy (non-hydrogen) atoms. The zero-order valence-corrected chi connectivity index (χ0v) is 16.7. The predicted octanol–water partition coefficient (Wildman–Crippen LogP) is 5.07. The topological polar surface area (TPSA) is 55.3 Å². The molecule has 4 rings (SSSR count). The highest BCUT2D eigenvalue weighted by Gasteiger charge is 2.35. The molecule has 1 aromatic heterocycles. The van der Waals surface area contributed by atoms with Crippen LogP contribution in [0.1, 0.15) is 57.8 Å². The molecule has 1 aromatic carbocycles. The quantitative estimate of drug-likeness (QED) is 0.721. The molecule has 0 saturated heterocycles. The van der Waals surface area contributed by atoms with Crippen LogP contribution in [-0.2, 0) is 4.79 Å². The highest BCUT2D eigenvalue weighted by Crippen LogP contribution is 2.37. The first-order valence-electron chi connectivity index (χ1n) is 10.1. The highest BCUT2D eigenvalue weighted by atomic mass is 32.1. The van der Waals surface area contributed by atoms with Crippen molar-refractivity contribution in [3.8, 4) is 16.3 Å². The fraction of sp³-hybridized carbons (Fsp3) is 0.571. The summed E-state index contributed by atoms with van der Waals surface area (Å²) in [6.07, 6.45) is 10.2. The van der Waals surface area contributed by atoms with Gasteiger partial charge in [-0.1, -0.05) is 43.4 Å². The maximum Gasteiger partial charge on any atom is 0.232 e. The lowest BCUT2D eigenvalue weighted by molar-refractivity contribution is -0.123. The number of hydrogen-bond donors (Lipinski definition) is 0. The molecular weight excluding hydrogens is 358 g/mol. The first kappa shape index (κ1) is 18.4. The minimum absolute atomic E-state index is 0.160. The maximum atomic E-state index is 13.4. The number of amides is 1. The van der Waals surface area contributed by atoms with E-state index in [0.717, 1.165) is 47.1 Å². The molecule has 2 aliphatic rings. The summed E-state index contributed by atoms with van der Waals surface area (Å²) >= 11 is 1.53. The van der Waals surface area contributed by atoms with Crippen LogP contribution < -0.4 is 9.64 Å². The Morgan fingerprint density at radius 2 is 1.67 bits per heavy atom. The van der Waals surface area contributed by atoms with Crippen molar-refractivity contribution in [3.63, 3.8) is 0 Å². The van der Waals surface area contributed by atoms with Gasteiger partial charge in [-0.2, -0.15) is 0 Å². The van der Waals surface area contributed by atoms with E-state index in [1.807, 2.05) is 29.2 Å². The molecule has 0 radical (unpaired) electrons. The smallest absolute Gasteiger partial charge is 0.232 e. The van der Waals surface area contributed by atoms with E-state index in [1.54, 1.807) is 7.11 Å². The molecular formula is C21H27N3O2S. The van der Waals surface area contributed by atoms with Crippen LogP contribution >= 0.6 is 11.3 Å². The number of anilines is 1. The molecule has 2 aromatic rings. The van der Waals surface area contributed by atoms with Crippen LogP contribution in [0.3, 0.4) is 0 Å². The number of nitrogens with zero attached hydrogens (tertiary/aromatic N) is 3. The number of hydrogen-bond acceptors (Lipinski definition) is 5. The summed E-state index contributed by atoms with van der Waals surface area (Å²) in [4.78, 5) is 15.4. The number of carbonyl (C=O) groups excluding carboxylic acids is 1. The molecule has 0 unspecified atom stereocenters. The van der Waals surface area contributed by atoms with E-state index in [1.165, 1.54) is 43.4 Å². The van der Waals surface area contributed by atoms with Crippen molar-refractivity contribution in [2.75, 3.05) is 12.0 Å². The highest BCUT2D eigenvalue weighted by molar-refractivity contribution is 7.18. The van der Waals surface area contributed by atoms with Gasteiger partial charge in [0, 0.05) is 17.5 Å². The fourth-order valence-corrected chi connectivity index (χ4v) is 5.23. The van der Waals surface area contributed by atoms with Crippen LogP contribution in [0.25, 0.3) is 10.6 Å². The van der Waals surface area contributed by atoms with Crippen molar-refractivity contribution in [2.45, 2.75) is 63.8 Å². The predicted molar refractivity (Wildman–Crippen MR) is 108 cm³/mol. The van der Waals surface area contributed by atoms with Gasteiger partial charge in [-0.3, -0.25) is 9.69 Å². The zero-order chi connectivity index (χ0) is 18.6. The van der Waals surface area contributed by atoms with Crippen LogP contribution in [0.5, 0.6) is 5.75 Å². The second-order valence-corrected chi connectivity index (χ2v) is 8.56. The largest absolute Gasteiger partial charge is 0.497 e. The van der Waals surface area contributed by atoms with Gasteiger partial charge >= 0.3 is 0 Å². The second kappa shape index (κ2) is 8.38. The molecule has 1 amide bonds. The van der Waals surface area contributed by atoms with Gasteiger partial charge in [0.25, 0.3) is 0 Å². The Labute approximate surface area is 164 Å². The number of carbonyl (C=O) groups is 1. The van der Waals surface area contributed by atoms with Crippen molar-refractivity contribution in [1.29, 1.82) is 0 Å². The van der Waals surface area contributed by atoms with Gasteiger partial charge in [0.15, 0.2) is 0 Å². The van der Waals surface area contributed by atoms with Crippen LogP contribution in [-0.4, -0.2) is 29.3 Å². The normalized spacial score (nSPS) is 18.6. The first-order chi connectivity index (χ1) is 13.3. The molecule has 0 bridgehead atoms. The number of rotatable bonds is 5. The number of ether oxygens (including phenoxy) is 1. The summed E-state index contributed by atoms with van der Waals surface area (Å²) in [5.41, 5.74) is 1.01. The van der Waals surface area contributed by atoms with Crippen molar-refractivity contribution in [3.05, 3.63) is 24.3 Å². The molecule has 0 N–H and O–H groups in total. The third-order valence-electron chi connectivity index (χ3n) is 5.84. The van der Waals surface area contributed by atoms with E-state index in [2.05, 4.69) is 10.2 Å². The maximum absolute atomic E-state index is 13.4. The standard InChI is InChI=1S/C21H27N3O2S/c1-26-18-13-11-15(12-14-18)19-22-23-21(27-19)24(17-9-5-6-10-17)20(25)16-7-3-2-4-8-16/h11-14,16-17H,2-10H2,1H3. The molecule has 0 spiro atoms. The Kier molecular flexibility index (Phi) is 5.72. The van der Waals surface area contributed by atoms with Gasteiger partial charge < -0.3 is 4.74 Å². The molecule has 6 heteroatoms. The summed E-state index contributed by atoms with van der Waals surface area (Å²) in [6.45, 7) is 0. The monoisotopic (exact) mass is 385 g/mol. The average molecular weight is 386 g/mol. The third kappa shape index (κ3) is 4.00.